The number of fused-ring (bicyclic) bond motifs is 1. The van der Waals surface area contributed by atoms with Gasteiger partial charge in [0.05, 0.1) is 13.2 Å². The van der Waals surface area contributed by atoms with Gasteiger partial charge in [0.15, 0.2) is 0 Å². The van der Waals surface area contributed by atoms with Crippen LogP contribution in [-0.2, 0) is 16.6 Å². The predicted molar refractivity (Wildman–Crippen MR) is 132 cm³/mol. The molecule has 1 amide bonds. The van der Waals surface area contributed by atoms with E-state index in [0.717, 1.165) is 67.4 Å². The molecule has 170 valence electrons. The van der Waals surface area contributed by atoms with Crippen LogP contribution < -0.4 is 10.6 Å². The molecule has 4 rings (SSSR count). The lowest BCUT2D eigenvalue weighted by atomic mass is 10.0. The number of likely N-dealkylation sites (N-methyl/N-ethyl adjacent to an activating group) is 1. The molecule has 2 aromatic carbocycles. The number of benzene rings is 2. The van der Waals surface area contributed by atoms with Crippen LogP contribution in [0.4, 0.5) is 5.69 Å². The zero-order valence-corrected chi connectivity index (χ0v) is 19.1. The van der Waals surface area contributed by atoms with Crippen LogP contribution in [0, 0.1) is 11.3 Å². The number of carbonyl (C=O) groups excluding carboxylic acids is 1. The Morgan fingerprint density at radius 3 is 2.64 bits per heavy atom. The molecule has 2 N–H and O–H groups in total. The quantitative estimate of drug-likeness (QED) is 0.433. The van der Waals surface area contributed by atoms with Crippen LogP contribution in [0.1, 0.15) is 5.69 Å². The van der Waals surface area contributed by atoms with Crippen molar-refractivity contribution in [2.45, 2.75) is 0 Å². The number of nitrogens with zero attached hydrogens (tertiary/aromatic N) is 3. The zero-order valence-electron chi connectivity index (χ0n) is 19.1. The van der Waals surface area contributed by atoms with E-state index in [0.29, 0.717) is 0 Å². The van der Waals surface area contributed by atoms with E-state index in [9.17, 15) is 10.1 Å². The highest BCUT2D eigenvalue weighted by Crippen LogP contribution is 2.28. The van der Waals surface area contributed by atoms with Crippen LogP contribution in [0.25, 0.3) is 28.1 Å². The highest BCUT2D eigenvalue weighted by molar-refractivity contribution is 6.01. The fourth-order valence-electron chi connectivity index (χ4n) is 4.09. The minimum Gasteiger partial charge on any atom is -0.384 e. The molecule has 0 spiro atoms. The summed E-state index contributed by atoms with van der Waals surface area (Å²) in [6, 6.07) is 18.7. The number of nitriles is 1. The molecule has 7 nitrogen and oxygen atoms in total. The maximum atomic E-state index is 11.8. The summed E-state index contributed by atoms with van der Waals surface area (Å²) in [6.07, 6.45) is 1.61. The van der Waals surface area contributed by atoms with Crippen LogP contribution in [0.15, 0.2) is 54.1 Å². The number of ether oxygens (including phenoxy) is 1. The summed E-state index contributed by atoms with van der Waals surface area (Å²) < 4.78 is 7.39. The van der Waals surface area contributed by atoms with Gasteiger partial charge in [-0.1, -0.05) is 18.2 Å². The minimum atomic E-state index is -0.389. The first-order valence-corrected chi connectivity index (χ1v) is 11.2. The third kappa shape index (κ3) is 5.25. The molecular weight excluding hydrogens is 414 g/mol. The Morgan fingerprint density at radius 1 is 1.12 bits per heavy atom. The Balaban J connectivity index is 1.49. The SMILES string of the molecule is CNC(=O)/C(C#N)=C/c1ccc(-c2ccc3cc(NCCN4CCOCC4)ccc3c2)n1C. The van der Waals surface area contributed by atoms with Gasteiger partial charge in [0.2, 0.25) is 0 Å². The highest BCUT2D eigenvalue weighted by Gasteiger charge is 2.12. The van der Waals surface area contributed by atoms with E-state index in [4.69, 9.17) is 4.74 Å². The summed E-state index contributed by atoms with van der Waals surface area (Å²) >= 11 is 0. The summed E-state index contributed by atoms with van der Waals surface area (Å²) in [5.74, 6) is -0.389. The van der Waals surface area contributed by atoms with Crippen LogP contribution in [-0.4, -0.2) is 61.8 Å². The van der Waals surface area contributed by atoms with Crippen molar-refractivity contribution in [3.05, 3.63) is 59.8 Å². The lowest BCUT2D eigenvalue weighted by Gasteiger charge is -2.26. The number of amides is 1. The van der Waals surface area contributed by atoms with E-state index in [2.05, 4.69) is 51.9 Å². The molecule has 1 saturated heterocycles. The lowest BCUT2D eigenvalue weighted by molar-refractivity contribution is -0.116. The average molecular weight is 444 g/mol. The fourth-order valence-corrected chi connectivity index (χ4v) is 4.09. The zero-order chi connectivity index (χ0) is 23.2. The van der Waals surface area contributed by atoms with Crippen LogP contribution in [0.5, 0.6) is 0 Å². The van der Waals surface area contributed by atoms with Crippen molar-refractivity contribution in [1.82, 2.24) is 14.8 Å². The summed E-state index contributed by atoms with van der Waals surface area (Å²) in [4.78, 5) is 14.3. The minimum absolute atomic E-state index is 0.0809. The summed E-state index contributed by atoms with van der Waals surface area (Å²) in [5.41, 5.74) is 4.09. The highest BCUT2D eigenvalue weighted by atomic mass is 16.5. The van der Waals surface area contributed by atoms with Crippen LogP contribution in [0.2, 0.25) is 0 Å². The van der Waals surface area contributed by atoms with Gasteiger partial charge in [-0.15, -0.1) is 0 Å². The molecule has 1 aliphatic heterocycles. The van der Waals surface area contributed by atoms with E-state index in [1.54, 1.807) is 6.08 Å². The summed E-state index contributed by atoms with van der Waals surface area (Å²) in [6.45, 7) is 5.57. The number of rotatable bonds is 7. The van der Waals surface area contributed by atoms with Crippen LogP contribution >= 0.6 is 0 Å². The van der Waals surface area contributed by atoms with E-state index in [-0.39, 0.29) is 11.5 Å². The second-order valence-electron chi connectivity index (χ2n) is 8.11. The van der Waals surface area contributed by atoms with Gasteiger partial charge in [0, 0.05) is 57.3 Å². The Hall–Kier alpha value is -3.60. The molecule has 0 bridgehead atoms. The molecule has 33 heavy (non-hydrogen) atoms. The normalized spacial score (nSPS) is 14.8. The van der Waals surface area contributed by atoms with E-state index in [1.807, 2.05) is 29.8 Å². The second kappa shape index (κ2) is 10.3. The maximum absolute atomic E-state index is 11.8. The number of carbonyl (C=O) groups is 1. The number of hydrogen-bond acceptors (Lipinski definition) is 5. The number of hydrogen-bond donors (Lipinski definition) is 2. The molecule has 3 aromatic rings. The fraction of sp³-hybridized carbons (Fsp3) is 0.308. The van der Waals surface area contributed by atoms with Crippen LogP contribution in [0.3, 0.4) is 0 Å². The van der Waals surface area contributed by atoms with Gasteiger partial charge in [-0.05, 0) is 52.7 Å². The predicted octanol–water partition coefficient (Wildman–Crippen LogP) is 3.24. The van der Waals surface area contributed by atoms with Crippen molar-refractivity contribution in [2.24, 2.45) is 7.05 Å². The third-order valence-electron chi connectivity index (χ3n) is 6.04. The van der Waals surface area contributed by atoms with Gasteiger partial charge in [-0.3, -0.25) is 9.69 Å². The Kier molecular flexibility index (Phi) is 7.08. The lowest BCUT2D eigenvalue weighted by Crippen LogP contribution is -2.38. The molecule has 0 aliphatic carbocycles. The van der Waals surface area contributed by atoms with Gasteiger partial charge in [-0.2, -0.15) is 5.26 Å². The topological polar surface area (TPSA) is 82.3 Å². The number of morpholine rings is 1. The van der Waals surface area contributed by atoms with Gasteiger partial charge in [-0.25, -0.2) is 0 Å². The molecule has 0 saturated carbocycles. The first-order chi connectivity index (χ1) is 16.1. The van der Waals surface area contributed by atoms with E-state index in [1.165, 1.54) is 12.4 Å². The van der Waals surface area contributed by atoms with Gasteiger partial charge in [0.1, 0.15) is 11.6 Å². The molecule has 7 heteroatoms. The second-order valence-corrected chi connectivity index (χ2v) is 8.11. The Morgan fingerprint density at radius 2 is 1.88 bits per heavy atom. The summed E-state index contributed by atoms with van der Waals surface area (Å²) in [5, 5.41) is 17.6. The van der Waals surface area contributed by atoms with Crippen molar-refractivity contribution in [3.63, 3.8) is 0 Å². The smallest absolute Gasteiger partial charge is 0.261 e. The third-order valence-corrected chi connectivity index (χ3v) is 6.04. The van der Waals surface area contributed by atoms with Gasteiger partial charge >= 0.3 is 0 Å². The van der Waals surface area contributed by atoms with Gasteiger partial charge in [0.25, 0.3) is 5.91 Å². The largest absolute Gasteiger partial charge is 0.384 e. The molecule has 2 heterocycles. The number of anilines is 1. The molecule has 0 radical (unpaired) electrons. The van der Waals surface area contributed by atoms with Crippen molar-refractivity contribution < 1.29 is 9.53 Å². The van der Waals surface area contributed by atoms with Crippen molar-refractivity contribution in [2.75, 3.05) is 51.8 Å². The number of aromatic nitrogens is 1. The Bertz CT molecular complexity index is 1220. The van der Waals surface area contributed by atoms with E-state index >= 15 is 0 Å². The van der Waals surface area contributed by atoms with Crippen molar-refractivity contribution >= 4 is 28.4 Å². The van der Waals surface area contributed by atoms with E-state index < -0.39 is 0 Å². The molecule has 1 aliphatic rings. The summed E-state index contributed by atoms with van der Waals surface area (Å²) in [7, 11) is 3.45. The standard InChI is InChI=1S/C26H29N5O2/c1-28-26(32)22(18-27)17-24-7-8-25(30(24)2)21-4-3-20-16-23(6-5-19(20)15-21)29-9-10-31-11-13-33-14-12-31/h3-8,15-17,29H,9-14H2,1-2H3,(H,28,32)/b22-17+. The molecule has 1 aromatic heterocycles. The maximum Gasteiger partial charge on any atom is 0.261 e. The molecular formula is C26H29N5O2. The molecule has 0 unspecified atom stereocenters. The van der Waals surface area contributed by atoms with Crippen molar-refractivity contribution in [1.29, 1.82) is 5.26 Å². The first-order valence-electron chi connectivity index (χ1n) is 11.2. The average Bonchev–Trinajstić information content (AvgIpc) is 3.22. The molecule has 1 fully saturated rings. The molecule has 0 atom stereocenters. The van der Waals surface area contributed by atoms with Crippen molar-refractivity contribution in [3.8, 4) is 17.3 Å². The monoisotopic (exact) mass is 443 g/mol. The number of nitrogens with one attached hydrogen (secondary N) is 2. The first kappa shape index (κ1) is 22.6. The van der Waals surface area contributed by atoms with Gasteiger partial charge < -0.3 is 19.9 Å². The Labute approximate surface area is 194 Å².